The zero-order valence-electron chi connectivity index (χ0n) is 10.3. The molecule has 2 rings (SSSR count). The molecule has 0 saturated heterocycles. The maximum atomic E-state index is 11.0. The highest BCUT2D eigenvalue weighted by Gasteiger charge is 2.05. The molecule has 17 heavy (non-hydrogen) atoms. The van der Waals surface area contributed by atoms with Crippen molar-refractivity contribution in [1.82, 2.24) is 4.57 Å². The second-order valence-electron chi connectivity index (χ2n) is 4.48. The highest BCUT2D eigenvalue weighted by atomic mass is 16.1. The number of allylic oxidation sites excluding steroid dienone is 2. The number of nitrogens with zero attached hydrogens (tertiary/aromatic N) is 1. The Morgan fingerprint density at radius 3 is 2.76 bits per heavy atom. The molecule has 2 aromatic rings. The number of carbonyl (C=O) groups excluding carboxylic acids is 1. The lowest BCUT2D eigenvalue weighted by molar-refractivity contribution is 0.112. The van der Waals surface area contributed by atoms with Gasteiger partial charge < -0.3 is 4.57 Å². The van der Waals surface area contributed by atoms with E-state index in [-0.39, 0.29) is 0 Å². The number of aldehydes is 1. The first kappa shape index (κ1) is 11.6. The Hall–Kier alpha value is -1.83. The molecule has 0 spiro atoms. The number of aryl methyl sites for hydroxylation is 1. The topological polar surface area (TPSA) is 22.0 Å². The number of aromatic nitrogens is 1. The lowest BCUT2D eigenvalue weighted by atomic mass is 10.2. The lowest BCUT2D eigenvalue weighted by Gasteiger charge is -2.02. The van der Waals surface area contributed by atoms with Crippen LogP contribution in [0, 0.1) is 0 Å². The summed E-state index contributed by atoms with van der Waals surface area (Å²) in [4.78, 5) is 11.0. The highest BCUT2D eigenvalue weighted by molar-refractivity contribution is 5.97. The van der Waals surface area contributed by atoms with Crippen LogP contribution < -0.4 is 0 Å². The summed E-state index contributed by atoms with van der Waals surface area (Å²) in [5.41, 5.74) is 3.24. The average Bonchev–Trinajstić information content (AvgIpc) is 2.68. The molecule has 2 heteroatoms. The third kappa shape index (κ3) is 2.47. The van der Waals surface area contributed by atoms with Crippen molar-refractivity contribution < 1.29 is 4.79 Å². The van der Waals surface area contributed by atoms with Crippen molar-refractivity contribution in [2.75, 3.05) is 0 Å². The van der Waals surface area contributed by atoms with E-state index in [0.29, 0.717) is 0 Å². The van der Waals surface area contributed by atoms with Crippen LogP contribution in [0.3, 0.4) is 0 Å². The minimum absolute atomic E-state index is 0.776. The van der Waals surface area contributed by atoms with Crippen molar-refractivity contribution in [1.29, 1.82) is 0 Å². The van der Waals surface area contributed by atoms with Gasteiger partial charge in [-0.3, -0.25) is 4.79 Å². The van der Waals surface area contributed by atoms with E-state index < -0.39 is 0 Å². The number of benzene rings is 1. The zero-order chi connectivity index (χ0) is 12.3. The molecule has 0 radical (unpaired) electrons. The molecule has 0 N–H and O–H groups in total. The molecule has 0 aliphatic carbocycles. The second kappa shape index (κ2) is 5.00. The molecule has 1 aromatic heterocycles. The predicted molar refractivity (Wildman–Crippen MR) is 71.4 cm³/mol. The van der Waals surface area contributed by atoms with Crippen LogP contribution in [0.5, 0.6) is 0 Å². The Balaban J connectivity index is 2.34. The van der Waals surface area contributed by atoms with Gasteiger partial charge in [-0.15, -0.1) is 0 Å². The van der Waals surface area contributed by atoms with Crippen molar-refractivity contribution in [3.05, 3.63) is 47.7 Å². The van der Waals surface area contributed by atoms with Gasteiger partial charge in [0.1, 0.15) is 0 Å². The highest BCUT2D eigenvalue weighted by Crippen LogP contribution is 2.20. The van der Waals surface area contributed by atoms with E-state index in [9.17, 15) is 4.79 Å². The molecular weight excluding hydrogens is 210 g/mol. The first-order chi connectivity index (χ1) is 8.22. The van der Waals surface area contributed by atoms with Crippen LogP contribution >= 0.6 is 0 Å². The standard InChI is InChI=1S/C15H17NO/c1-12(2)6-5-9-16-10-13(11-17)14-7-3-4-8-15(14)16/h3-4,6-8,10-11H,5,9H2,1-2H3. The van der Waals surface area contributed by atoms with E-state index in [0.717, 1.165) is 35.7 Å². The summed E-state index contributed by atoms with van der Waals surface area (Å²) in [6.07, 6.45) is 6.09. The molecule has 0 aliphatic rings. The lowest BCUT2D eigenvalue weighted by Crippen LogP contribution is -1.94. The molecule has 0 aliphatic heterocycles. The van der Waals surface area contributed by atoms with Gasteiger partial charge in [0.25, 0.3) is 0 Å². The Kier molecular flexibility index (Phi) is 3.43. The minimum atomic E-state index is 0.776. The average molecular weight is 227 g/mol. The largest absolute Gasteiger partial charge is 0.346 e. The van der Waals surface area contributed by atoms with Gasteiger partial charge in [0.2, 0.25) is 0 Å². The van der Waals surface area contributed by atoms with Gasteiger partial charge in [-0.05, 0) is 26.3 Å². The summed E-state index contributed by atoms with van der Waals surface area (Å²) < 4.78 is 2.15. The van der Waals surface area contributed by atoms with E-state index in [1.807, 2.05) is 24.4 Å². The van der Waals surface area contributed by atoms with Crippen LogP contribution in [0.2, 0.25) is 0 Å². The Morgan fingerprint density at radius 2 is 2.06 bits per heavy atom. The number of carbonyl (C=O) groups is 1. The molecule has 1 heterocycles. The minimum Gasteiger partial charge on any atom is -0.346 e. The van der Waals surface area contributed by atoms with Crippen molar-refractivity contribution >= 4 is 17.2 Å². The van der Waals surface area contributed by atoms with Gasteiger partial charge in [-0.25, -0.2) is 0 Å². The number of fused-ring (bicyclic) bond motifs is 1. The van der Waals surface area contributed by atoms with E-state index in [2.05, 4.69) is 30.6 Å². The molecule has 2 nitrogen and oxygen atoms in total. The predicted octanol–water partition coefficient (Wildman–Crippen LogP) is 3.81. The van der Waals surface area contributed by atoms with E-state index in [4.69, 9.17) is 0 Å². The third-order valence-electron chi connectivity index (χ3n) is 2.87. The fourth-order valence-electron chi connectivity index (χ4n) is 2.05. The molecule has 0 amide bonds. The molecule has 0 unspecified atom stereocenters. The SMILES string of the molecule is CC(C)=CCCn1cc(C=O)c2ccccc21. The van der Waals surface area contributed by atoms with Crippen LogP contribution in [0.4, 0.5) is 0 Å². The van der Waals surface area contributed by atoms with Gasteiger partial charge in [0.15, 0.2) is 6.29 Å². The van der Waals surface area contributed by atoms with Gasteiger partial charge in [-0.2, -0.15) is 0 Å². The fourth-order valence-corrected chi connectivity index (χ4v) is 2.05. The summed E-state index contributed by atoms with van der Waals surface area (Å²) in [6, 6.07) is 8.03. The Morgan fingerprint density at radius 1 is 1.29 bits per heavy atom. The molecular formula is C15H17NO. The summed E-state index contributed by atoms with van der Waals surface area (Å²) >= 11 is 0. The van der Waals surface area contributed by atoms with Gasteiger partial charge >= 0.3 is 0 Å². The maximum absolute atomic E-state index is 11.0. The van der Waals surface area contributed by atoms with Crippen molar-refractivity contribution in [3.8, 4) is 0 Å². The Labute approximate surface area is 102 Å². The second-order valence-corrected chi connectivity index (χ2v) is 4.48. The Bertz CT molecular complexity index is 559. The maximum Gasteiger partial charge on any atom is 0.152 e. The number of hydrogen-bond acceptors (Lipinski definition) is 1. The molecule has 1 aromatic carbocycles. The summed E-state index contributed by atoms with van der Waals surface area (Å²) in [6.45, 7) is 5.12. The van der Waals surface area contributed by atoms with E-state index in [1.54, 1.807) is 0 Å². The molecule has 88 valence electrons. The zero-order valence-corrected chi connectivity index (χ0v) is 10.3. The van der Waals surface area contributed by atoms with Gasteiger partial charge in [0, 0.05) is 29.2 Å². The first-order valence-electron chi connectivity index (χ1n) is 5.89. The number of para-hydroxylation sites is 1. The smallest absolute Gasteiger partial charge is 0.152 e. The molecule has 0 saturated carbocycles. The van der Waals surface area contributed by atoms with E-state index in [1.165, 1.54) is 5.57 Å². The van der Waals surface area contributed by atoms with Crippen molar-refractivity contribution in [2.45, 2.75) is 26.8 Å². The van der Waals surface area contributed by atoms with Crippen molar-refractivity contribution in [3.63, 3.8) is 0 Å². The monoisotopic (exact) mass is 227 g/mol. The number of hydrogen-bond donors (Lipinski definition) is 0. The van der Waals surface area contributed by atoms with E-state index >= 15 is 0 Å². The van der Waals surface area contributed by atoms with Crippen LogP contribution in [-0.4, -0.2) is 10.9 Å². The van der Waals surface area contributed by atoms with Crippen molar-refractivity contribution in [2.24, 2.45) is 0 Å². The van der Waals surface area contributed by atoms with Gasteiger partial charge in [-0.1, -0.05) is 29.8 Å². The molecule has 0 bridgehead atoms. The summed E-state index contributed by atoms with van der Waals surface area (Å²) in [7, 11) is 0. The van der Waals surface area contributed by atoms with Crippen LogP contribution in [0.15, 0.2) is 42.1 Å². The molecule has 0 atom stereocenters. The van der Waals surface area contributed by atoms with Crippen LogP contribution in [-0.2, 0) is 6.54 Å². The normalized spacial score (nSPS) is 10.5. The quantitative estimate of drug-likeness (QED) is 0.575. The number of rotatable bonds is 4. The summed E-state index contributed by atoms with van der Waals surface area (Å²) in [5, 5.41) is 1.04. The van der Waals surface area contributed by atoms with Crippen LogP contribution in [0.1, 0.15) is 30.6 Å². The van der Waals surface area contributed by atoms with Gasteiger partial charge in [0.05, 0.1) is 0 Å². The van der Waals surface area contributed by atoms with Crippen LogP contribution in [0.25, 0.3) is 10.9 Å². The first-order valence-corrected chi connectivity index (χ1v) is 5.89. The summed E-state index contributed by atoms with van der Waals surface area (Å²) in [5.74, 6) is 0. The third-order valence-corrected chi connectivity index (χ3v) is 2.87. The molecule has 0 fully saturated rings. The fraction of sp³-hybridized carbons (Fsp3) is 0.267.